The fraction of sp³-hybridized carbons (Fsp3) is 0.385. The molecule has 7 heteroatoms. The van der Waals surface area contributed by atoms with Gasteiger partial charge in [-0.2, -0.15) is 0 Å². The number of aliphatic hydroxyl groups is 1. The lowest BCUT2D eigenvalue weighted by atomic mass is 10.1. The van der Waals surface area contributed by atoms with E-state index in [9.17, 15) is 14.7 Å². The van der Waals surface area contributed by atoms with Crippen molar-refractivity contribution in [2.75, 3.05) is 13.2 Å². The third kappa shape index (κ3) is 4.40. The molecule has 0 aliphatic carbocycles. The highest BCUT2D eigenvalue weighted by molar-refractivity contribution is 6.31. The zero-order valence-corrected chi connectivity index (χ0v) is 11.9. The first kappa shape index (κ1) is 16.3. The zero-order chi connectivity index (χ0) is 15.3. The van der Waals surface area contributed by atoms with Gasteiger partial charge < -0.3 is 20.3 Å². The Morgan fingerprint density at radius 2 is 2.10 bits per heavy atom. The molecule has 0 heterocycles. The predicted octanol–water partition coefficient (Wildman–Crippen LogP) is 0.979. The fourth-order valence-electron chi connectivity index (χ4n) is 1.28. The highest BCUT2D eigenvalue weighted by atomic mass is 35.5. The van der Waals surface area contributed by atoms with Gasteiger partial charge in [-0.25, -0.2) is 4.79 Å². The molecule has 1 aromatic carbocycles. The number of rotatable bonds is 6. The molecule has 6 nitrogen and oxygen atoms in total. The Morgan fingerprint density at radius 1 is 1.45 bits per heavy atom. The van der Waals surface area contributed by atoms with E-state index in [2.05, 4.69) is 5.32 Å². The van der Waals surface area contributed by atoms with E-state index in [1.807, 2.05) is 0 Å². The number of halogens is 1. The van der Waals surface area contributed by atoms with Crippen molar-refractivity contribution in [2.45, 2.75) is 19.4 Å². The first-order valence-electron chi connectivity index (χ1n) is 5.84. The number of carboxylic acid groups (broad SMARTS) is 1. The second-order valence-corrected chi connectivity index (χ2v) is 4.91. The number of carboxylic acids is 1. The van der Waals surface area contributed by atoms with Crippen LogP contribution in [0.4, 0.5) is 0 Å². The maximum atomic E-state index is 11.5. The molecule has 0 aromatic heterocycles. The van der Waals surface area contributed by atoms with Crippen molar-refractivity contribution < 1.29 is 24.5 Å². The average Bonchev–Trinajstić information content (AvgIpc) is 2.38. The summed E-state index contributed by atoms with van der Waals surface area (Å²) in [5.74, 6) is -1.48. The topological polar surface area (TPSA) is 95.9 Å². The molecule has 1 atom stereocenters. The number of carbonyl (C=O) groups is 2. The number of nitrogens with one attached hydrogen (secondary N) is 1. The van der Waals surface area contributed by atoms with Gasteiger partial charge in [0, 0.05) is 10.6 Å². The van der Waals surface area contributed by atoms with Gasteiger partial charge in [0.15, 0.2) is 12.2 Å². The van der Waals surface area contributed by atoms with Crippen LogP contribution in [0.2, 0.25) is 5.02 Å². The highest BCUT2D eigenvalue weighted by Crippen LogP contribution is 2.24. The molecule has 0 radical (unpaired) electrons. The van der Waals surface area contributed by atoms with Gasteiger partial charge in [0.1, 0.15) is 5.75 Å². The third-order valence-electron chi connectivity index (χ3n) is 2.67. The zero-order valence-electron chi connectivity index (χ0n) is 11.1. The molecule has 1 rings (SSSR count). The largest absolute Gasteiger partial charge is 0.483 e. The molecule has 1 amide bonds. The van der Waals surface area contributed by atoms with Crippen LogP contribution in [0.5, 0.6) is 5.75 Å². The Labute approximate surface area is 121 Å². The Kier molecular flexibility index (Phi) is 5.35. The van der Waals surface area contributed by atoms with Crippen LogP contribution in [0.25, 0.3) is 0 Å². The first-order chi connectivity index (χ1) is 9.24. The minimum absolute atomic E-state index is 0.295. The number of aliphatic carboxylic acids is 1. The Hall–Kier alpha value is -1.79. The minimum atomic E-state index is -2.01. The molecule has 1 aromatic rings. The van der Waals surface area contributed by atoms with Crippen LogP contribution in [0, 0.1) is 6.92 Å². The summed E-state index contributed by atoms with van der Waals surface area (Å²) in [5.41, 5.74) is -1.30. The maximum absolute atomic E-state index is 11.5. The van der Waals surface area contributed by atoms with Crippen molar-refractivity contribution >= 4 is 23.5 Å². The molecular formula is C13H16ClNO5. The summed E-state index contributed by atoms with van der Waals surface area (Å²) in [5, 5.41) is 20.9. The van der Waals surface area contributed by atoms with Crippen LogP contribution in [0.3, 0.4) is 0 Å². The summed E-state index contributed by atoms with van der Waals surface area (Å²) in [6.45, 7) is 2.15. The minimum Gasteiger partial charge on any atom is -0.483 e. The van der Waals surface area contributed by atoms with Crippen LogP contribution in [-0.4, -0.2) is 40.8 Å². The van der Waals surface area contributed by atoms with Crippen LogP contribution in [0.15, 0.2) is 18.2 Å². The number of carbonyl (C=O) groups excluding carboxylic acids is 1. The highest BCUT2D eigenvalue weighted by Gasteiger charge is 2.30. The SMILES string of the molecule is Cc1c(Cl)cccc1OCC(=O)NCC(C)(O)C(=O)O. The standard InChI is InChI=1S/C13H16ClNO5/c1-8-9(14)4-3-5-10(8)20-6-11(16)15-7-13(2,19)12(17)18/h3-5,19H,6-7H2,1-2H3,(H,15,16)(H,17,18). The molecule has 3 N–H and O–H groups in total. The van der Waals surface area contributed by atoms with Crippen LogP contribution < -0.4 is 10.1 Å². The van der Waals surface area contributed by atoms with Crippen LogP contribution >= 0.6 is 11.6 Å². The number of hydrogen-bond acceptors (Lipinski definition) is 4. The van der Waals surface area contributed by atoms with Crippen molar-refractivity contribution in [3.05, 3.63) is 28.8 Å². The lowest BCUT2D eigenvalue weighted by Crippen LogP contribution is -2.47. The molecule has 0 aliphatic heterocycles. The van der Waals surface area contributed by atoms with Crippen molar-refractivity contribution in [3.63, 3.8) is 0 Å². The van der Waals surface area contributed by atoms with E-state index in [0.717, 1.165) is 6.92 Å². The van der Waals surface area contributed by atoms with E-state index >= 15 is 0 Å². The number of amides is 1. The van der Waals surface area contributed by atoms with Crippen LogP contribution in [0.1, 0.15) is 12.5 Å². The fourth-order valence-corrected chi connectivity index (χ4v) is 1.45. The molecule has 0 saturated carbocycles. The average molecular weight is 302 g/mol. The van der Waals surface area contributed by atoms with Gasteiger partial charge in [-0.1, -0.05) is 17.7 Å². The van der Waals surface area contributed by atoms with Crippen molar-refractivity contribution in [1.29, 1.82) is 0 Å². The second-order valence-electron chi connectivity index (χ2n) is 4.51. The lowest BCUT2D eigenvalue weighted by molar-refractivity contribution is -0.156. The Morgan fingerprint density at radius 3 is 2.70 bits per heavy atom. The molecule has 0 aliphatic rings. The molecular weight excluding hydrogens is 286 g/mol. The summed E-state index contributed by atoms with van der Waals surface area (Å²) < 4.78 is 5.28. The third-order valence-corrected chi connectivity index (χ3v) is 3.08. The van der Waals surface area contributed by atoms with Crippen molar-refractivity contribution in [3.8, 4) is 5.75 Å². The van der Waals surface area contributed by atoms with Crippen molar-refractivity contribution in [1.82, 2.24) is 5.32 Å². The summed E-state index contributed by atoms with van der Waals surface area (Å²) in [7, 11) is 0. The van der Waals surface area contributed by atoms with E-state index in [0.29, 0.717) is 16.3 Å². The molecule has 0 saturated heterocycles. The second kappa shape index (κ2) is 6.58. The quantitative estimate of drug-likeness (QED) is 0.728. The van der Waals surface area contributed by atoms with E-state index < -0.39 is 24.0 Å². The summed E-state index contributed by atoms with van der Waals surface area (Å²) in [6, 6.07) is 5.06. The van der Waals surface area contributed by atoms with Gasteiger partial charge in [-0.05, 0) is 26.0 Å². The molecule has 20 heavy (non-hydrogen) atoms. The van der Waals surface area contributed by atoms with Gasteiger partial charge in [0.2, 0.25) is 0 Å². The van der Waals surface area contributed by atoms with Gasteiger partial charge in [-0.15, -0.1) is 0 Å². The first-order valence-corrected chi connectivity index (χ1v) is 6.22. The summed E-state index contributed by atoms with van der Waals surface area (Å²) in [4.78, 5) is 22.2. The van der Waals surface area contributed by atoms with Gasteiger partial charge in [0.05, 0.1) is 6.54 Å². The van der Waals surface area contributed by atoms with E-state index in [4.69, 9.17) is 21.4 Å². The number of ether oxygens (including phenoxy) is 1. The molecule has 0 spiro atoms. The molecule has 1 unspecified atom stereocenters. The van der Waals surface area contributed by atoms with Gasteiger partial charge in [0.25, 0.3) is 5.91 Å². The van der Waals surface area contributed by atoms with E-state index in [-0.39, 0.29) is 6.61 Å². The molecule has 110 valence electrons. The summed E-state index contributed by atoms with van der Waals surface area (Å²) >= 11 is 5.91. The maximum Gasteiger partial charge on any atom is 0.337 e. The predicted molar refractivity (Wildman–Crippen MR) is 73.0 cm³/mol. The summed E-state index contributed by atoms with van der Waals surface area (Å²) in [6.07, 6.45) is 0. The number of benzene rings is 1. The molecule has 0 fully saturated rings. The van der Waals surface area contributed by atoms with Crippen molar-refractivity contribution in [2.24, 2.45) is 0 Å². The Balaban J connectivity index is 2.48. The van der Waals surface area contributed by atoms with Gasteiger partial charge >= 0.3 is 5.97 Å². The monoisotopic (exact) mass is 301 g/mol. The van der Waals surface area contributed by atoms with Gasteiger partial charge in [-0.3, -0.25) is 4.79 Å². The lowest BCUT2D eigenvalue weighted by Gasteiger charge is -2.18. The Bertz CT molecular complexity index is 515. The van der Waals surface area contributed by atoms with Crippen LogP contribution in [-0.2, 0) is 9.59 Å². The molecule has 0 bridgehead atoms. The normalized spacial score (nSPS) is 13.4. The smallest absolute Gasteiger partial charge is 0.337 e. The van der Waals surface area contributed by atoms with E-state index in [1.165, 1.54) is 0 Å². The number of hydrogen-bond donors (Lipinski definition) is 3. The van der Waals surface area contributed by atoms with E-state index in [1.54, 1.807) is 25.1 Å².